The fraction of sp³-hybridized carbons (Fsp3) is 0.400. The van der Waals surface area contributed by atoms with Gasteiger partial charge in [-0.1, -0.05) is 30.3 Å². The summed E-state index contributed by atoms with van der Waals surface area (Å²) in [6.07, 6.45) is 4.20. The molecule has 1 saturated heterocycles. The van der Waals surface area contributed by atoms with Crippen molar-refractivity contribution in [3.63, 3.8) is 0 Å². The lowest BCUT2D eigenvalue weighted by Crippen LogP contribution is -2.34. The zero-order valence-corrected chi connectivity index (χ0v) is 11.0. The number of aromatic nitrogens is 1. The maximum absolute atomic E-state index is 5.83. The molecule has 0 bridgehead atoms. The number of oxazole rings is 1. The summed E-state index contributed by atoms with van der Waals surface area (Å²) in [5.41, 5.74) is 6.85. The number of likely N-dealkylation sites (tertiary alicyclic amines) is 1. The van der Waals surface area contributed by atoms with Crippen LogP contribution in [0.1, 0.15) is 18.7 Å². The smallest absolute Gasteiger partial charge is 0.209 e. The second-order valence-electron chi connectivity index (χ2n) is 4.99. The number of nitrogens with zero attached hydrogens (tertiary/aromatic N) is 2. The third-order valence-corrected chi connectivity index (χ3v) is 3.72. The van der Waals surface area contributed by atoms with Crippen molar-refractivity contribution in [1.29, 1.82) is 0 Å². The van der Waals surface area contributed by atoms with Crippen LogP contribution in [0, 0.1) is 0 Å². The summed E-state index contributed by atoms with van der Waals surface area (Å²) in [4.78, 5) is 6.74. The molecule has 0 radical (unpaired) electrons. The number of hydrogen-bond acceptors (Lipinski definition) is 4. The third kappa shape index (κ3) is 2.69. The zero-order chi connectivity index (χ0) is 13.1. The molecule has 1 unspecified atom stereocenters. The average Bonchev–Trinajstić information content (AvgIpc) is 3.09. The molecule has 1 aliphatic heterocycles. The van der Waals surface area contributed by atoms with E-state index in [0.29, 0.717) is 12.6 Å². The molecule has 1 aliphatic rings. The van der Waals surface area contributed by atoms with Gasteiger partial charge in [-0.05, 0) is 19.4 Å². The van der Waals surface area contributed by atoms with Gasteiger partial charge in [-0.2, -0.15) is 0 Å². The van der Waals surface area contributed by atoms with Crippen molar-refractivity contribution in [3.05, 3.63) is 42.4 Å². The quantitative estimate of drug-likeness (QED) is 0.913. The van der Waals surface area contributed by atoms with Crippen molar-refractivity contribution >= 4 is 0 Å². The Balaban J connectivity index is 1.72. The first kappa shape index (κ1) is 12.4. The van der Waals surface area contributed by atoms with Crippen molar-refractivity contribution in [3.8, 4) is 11.3 Å². The van der Waals surface area contributed by atoms with Gasteiger partial charge in [0.15, 0.2) is 5.76 Å². The normalized spacial score (nSPS) is 19.9. The average molecular weight is 257 g/mol. The topological polar surface area (TPSA) is 55.3 Å². The first-order valence-corrected chi connectivity index (χ1v) is 6.81. The van der Waals surface area contributed by atoms with Gasteiger partial charge in [0.05, 0.1) is 12.7 Å². The largest absolute Gasteiger partial charge is 0.439 e. The monoisotopic (exact) mass is 257 g/mol. The highest BCUT2D eigenvalue weighted by molar-refractivity contribution is 5.55. The number of benzene rings is 1. The van der Waals surface area contributed by atoms with Gasteiger partial charge < -0.3 is 10.2 Å². The van der Waals surface area contributed by atoms with Crippen LogP contribution in [0.5, 0.6) is 0 Å². The molecular weight excluding hydrogens is 238 g/mol. The van der Waals surface area contributed by atoms with Crippen LogP contribution < -0.4 is 5.73 Å². The van der Waals surface area contributed by atoms with Crippen molar-refractivity contribution in [2.75, 3.05) is 13.1 Å². The Bertz CT molecular complexity index is 523. The molecule has 4 nitrogen and oxygen atoms in total. The van der Waals surface area contributed by atoms with Gasteiger partial charge in [0.2, 0.25) is 5.89 Å². The predicted molar refractivity (Wildman–Crippen MR) is 74.4 cm³/mol. The molecular formula is C15H19N3O. The molecule has 1 aromatic carbocycles. The molecule has 0 aliphatic carbocycles. The second-order valence-corrected chi connectivity index (χ2v) is 4.99. The molecule has 100 valence electrons. The van der Waals surface area contributed by atoms with Crippen molar-refractivity contribution in [2.24, 2.45) is 5.73 Å². The lowest BCUT2D eigenvalue weighted by atomic mass is 10.2. The lowest BCUT2D eigenvalue weighted by molar-refractivity contribution is 0.226. The highest BCUT2D eigenvalue weighted by atomic mass is 16.4. The Morgan fingerprint density at radius 3 is 2.95 bits per heavy atom. The molecule has 4 heteroatoms. The molecule has 0 saturated carbocycles. The Kier molecular flexibility index (Phi) is 3.62. The molecule has 2 aromatic rings. The predicted octanol–water partition coefficient (Wildman–Crippen LogP) is 2.26. The van der Waals surface area contributed by atoms with E-state index in [9.17, 15) is 0 Å². The Morgan fingerprint density at radius 2 is 2.16 bits per heavy atom. The van der Waals surface area contributed by atoms with Crippen LogP contribution in [0.2, 0.25) is 0 Å². The van der Waals surface area contributed by atoms with Gasteiger partial charge in [0.1, 0.15) is 0 Å². The van der Waals surface area contributed by atoms with Gasteiger partial charge in [-0.15, -0.1) is 0 Å². The van der Waals surface area contributed by atoms with Crippen LogP contribution >= 0.6 is 0 Å². The Labute approximate surface area is 113 Å². The Morgan fingerprint density at radius 1 is 1.32 bits per heavy atom. The molecule has 2 heterocycles. The zero-order valence-electron chi connectivity index (χ0n) is 11.0. The SMILES string of the molecule is NCC1CCCN1Cc1ncc(-c2ccccc2)o1. The first-order chi connectivity index (χ1) is 9.36. The standard InChI is InChI=1S/C15H19N3O/c16-9-13-7-4-8-18(13)11-15-17-10-14(19-15)12-5-2-1-3-6-12/h1-3,5-6,10,13H,4,7-9,11,16H2. The fourth-order valence-corrected chi connectivity index (χ4v) is 2.66. The summed E-state index contributed by atoms with van der Waals surface area (Å²) in [5.74, 6) is 1.61. The van der Waals surface area contributed by atoms with Gasteiger partial charge in [0.25, 0.3) is 0 Å². The highest BCUT2D eigenvalue weighted by Crippen LogP contribution is 2.23. The number of hydrogen-bond donors (Lipinski definition) is 1. The highest BCUT2D eigenvalue weighted by Gasteiger charge is 2.24. The minimum Gasteiger partial charge on any atom is -0.439 e. The van der Waals surface area contributed by atoms with E-state index < -0.39 is 0 Å². The fourth-order valence-electron chi connectivity index (χ4n) is 2.66. The van der Waals surface area contributed by atoms with Crippen LogP contribution in [-0.2, 0) is 6.54 Å². The van der Waals surface area contributed by atoms with E-state index in [4.69, 9.17) is 10.2 Å². The maximum Gasteiger partial charge on any atom is 0.209 e. The Hall–Kier alpha value is -1.65. The molecule has 1 atom stereocenters. The summed E-state index contributed by atoms with van der Waals surface area (Å²) < 4.78 is 5.83. The van der Waals surface area contributed by atoms with Crippen LogP contribution in [-0.4, -0.2) is 29.0 Å². The minimum absolute atomic E-state index is 0.479. The molecule has 0 amide bonds. The summed E-state index contributed by atoms with van der Waals surface area (Å²) in [6, 6.07) is 10.5. The van der Waals surface area contributed by atoms with Crippen molar-refractivity contribution in [1.82, 2.24) is 9.88 Å². The van der Waals surface area contributed by atoms with E-state index in [1.807, 2.05) is 30.3 Å². The van der Waals surface area contributed by atoms with E-state index in [1.165, 1.54) is 12.8 Å². The first-order valence-electron chi connectivity index (χ1n) is 6.81. The summed E-state index contributed by atoms with van der Waals surface area (Å²) in [7, 11) is 0. The van der Waals surface area contributed by atoms with Crippen LogP contribution in [0.25, 0.3) is 11.3 Å². The maximum atomic E-state index is 5.83. The lowest BCUT2D eigenvalue weighted by Gasteiger charge is -2.20. The van der Waals surface area contributed by atoms with Gasteiger partial charge in [-0.3, -0.25) is 4.90 Å². The molecule has 1 fully saturated rings. The van der Waals surface area contributed by atoms with E-state index in [-0.39, 0.29) is 0 Å². The molecule has 1 aromatic heterocycles. The summed E-state index contributed by atoms with van der Waals surface area (Å²) >= 11 is 0. The van der Waals surface area contributed by atoms with Crippen LogP contribution in [0.3, 0.4) is 0 Å². The van der Waals surface area contributed by atoms with Crippen molar-refractivity contribution in [2.45, 2.75) is 25.4 Å². The van der Waals surface area contributed by atoms with Gasteiger partial charge in [0, 0.05) is 18.2 Å². The van der Waals surface area contributed by atoms with E-state index in [2.05, 4.69) is 9.88 Å². The van der Waals surface area contributed by atoms with Gasteiger partial charge >= 0.3 is 0 Å². The summed E-state index contributed by atoms with van der Waals surface area (Å²) in [6.45, 7) is 2.56. The van der Waals surface area contributed by atoms with Crippen LogP contribution in [0.4, 0.5) is 0 Å². The molecule has 19 heavy (non-hydrogen) atoms. The number of rotatable bonds is 4. The van der Waals surface area contributed by atoms with Gasteiger partial charge in [-0.25, -0.2) is 4.98 Å². The molecule has 3 rings (SSSR count). The minimum atomic E-state index is 0.479. The van der Waals surface area contributed by atoms with E-state index >= 15 is 0 Å². The van der Waals surface area contributed by atoms with Crippen molar-refractivity contribution < 1.29 is 4.42 Å². The molecule has 0 spiro atoms. The van der Waals surface area contributed by atoms with E-state index in [1.54, 1.807) is 6.20 Å². The van der Waals surface area contributed by atoms with Crippen LogP contribution in [0.15, 0.2) is 40.9 Å². The second kappa shape index (κ2) is 5.55. The third-order valence-electron chi connectivity index (χ3n) is 3.72. The summed E-state index contributed by atoms with van der Waals surface area (Å²) in [5, 5.41) is 0. The van der Waals surface area contributed by atoms with E-state index in [0.717, 1.165) is 30.3 Å². The number of nitrogens with two attached hydrogens (primary N) is 1. The molecule has 2 N–H and O–H groups in total.